The van der Waals surface area contributed by atoms with Gasteiger partial charge in [0.25, 0.3) is 10.0 Å². The van der Waals surface area contributed by atoms with Crippen LogP contribution in [-0.2, 0) is 26.2 Å². The minimum Gasteiger partial charge on any atom is -0.494 e. The minimum atomic E-state index is -4.23. The van der Waals surface area contributed by atoms with Crippen molar-refractivity contribution in [1.82, 2.24) is 10.2 Å². The summed E-state index contributed by atoms with van der Waals surface area (Å²) in [5.41, 5.74) is 0.780. The molecule has 0 spiro atoms. The van der Waals surface area contributed by atoms with Crippen molar-refractivity contribution in [2.75, 3.05) is 17.5 Å². The van der Waals surface area contributed by atoms with Gasteiger partial charge in [-0.1, -0.05) is 40.9 Å². The molecule has 0 aliphatic rings. The first kappa shape index (κ1) is 32.5. The van der Waals surface area contributed by atoms with E-state index in [1.54, 1.807) is 57.2 Å². The Balaban J connectivity index is 2.05. The number of ether oxygens (including phenoxy) is 1. The molecule has 0 bridgehead atoms. The molecule has 1 N–H and O–H groups in total. The van der Waals surface area contributed by atoms with Crippen LogP contribution in [0, 0.1) is 0 Å². The second-order valence-electron chi connectivity index (χ2n) is 9.49. The predicted molar refractivity (Wildman–Crippen MR) is 163 cm³/mol. The number of hydrogen-bond acceptors (Lipinski definition) is 5. The number of halogens is 3. The molecule has 2 amide bonds. The Kier molecular flexibility index (Phi) is 11.3. The molecule has 1 atom stereocenters. The van der Waals surface area contributed by atoms with Crippen LogP contribution in [-0.4, -0.2) is 50.4 Å². The Morgan fingerprint density at radius 3 is 2.07 bits per heavy atom. The van der Waals surface area contributed by atoms with Gasteiger partial charge in [-0.3, -0.25) is 13.9 Å². The standard InChI is InChI=1S/C29H32Cl3N3O5S/c1-5-40-25-12-10-24(11-13-25)35(41(38,39)26-14-8-22(30)9-15-26)18-28(36)34(20(4)29(37)33-19(2)3)17-21-6-7-23(31)16-27(21)32/h6-16,19-20H,5,17-18H2,1-4H3,(H,33,37). The van der Waals surface area contributed by atoms with Crippen molar-refractivity contribution in [3.63, 3.8) is 0 Å². The topological polar surface area (TPSA) is 96.0 Å². The number of anilines is 1. The fraction of sp³-hybridized carbons (Fsp3) is 0.310. The van der Waals surface area contributed by atoms with Gasteiger partial charge in [-0.05, 0) is 93.9 Å². The third kappa shape index (κ3) is 8.52. The van der Waals surface area contributed by atoms with Gasteiger partial charge in [-0.25, -0.2) is 8.42 Å². The summed E-state index contributed by atoms with van der Waals surface area (Å²) in [7, 11) is -4.23. The highest BCUT2D eigenvalue weighted by atomic mass is 35.5. The van der Waals surface area contributed by atoms with E-state index in [0.29, 0.717) is 33.0 Å². The highest BCUT2D eigenvalue weighted by molar-refractivity contribution is 7.92. The van der Waals surface area contributed by atoms with Crippen molar-refractivity contribution >= 4 is 62.3 Å². The highest BCUT2D eigenvalue weighted by Crippen LogP contribution is 2.28. The van der Waals surface area contributed by atoms with Gasteiger partial charge in [0.1, 0.15) is 18.3 Å². The maximum absolute atomic E-state index is 14.0. The van der Waals surface area contributed by atoms with Gasteiger partial charge in [0, 0.05) is 27.7 Å². The number of sulfonamides is 1. The fourth-order valence-electron chi connectivity index (χ4n) is 3.96. The van der Waals surface area contributed by atoms with E-state index >= 15 is 0 Å². The Hall–Kier alpha value is -2.98. The van der Waals surface area contributed by atoms with Crippen molar-refractivity contribution in [3.8, 4) is 5.75 Å². The first-order valence-electron chi connectivity index (χ1n) is 12.9. The molecule has 0 saturated carbocycles. The molecule has 3 rings (SSSR count). The zero-order chi connectivity index (χ0) is 30.3. The molecule has 220 valence electrons. The number of amides is 2. The Labute approximate surface area is 256 Å². The lowest BCUT2D eigenvalue weighted by atomic mass is 10.1. The molecule has 0 fully saturated rings. The van der Waals surface area contributed by atoms with E-state index in [1.807, 2.05) is 6.92 Å². The third-order valence-electron chi connectivity index (χ3n) is 6.07. The van der Waals surface area contributed by atoms with E-state index in [4.69, 9.17) is 39.5 Å². The molecule has 0 radical (unpaired) electrons. The summed E-state index contributed by atoms with van der Waals surface area (Å²) in [5, 5.41) is 3.90. The summed E-state index contributed by atoms with van der Waals surface area (Å²) in [6.45, 7) is 6.81. The van der Waals surface area contributed by atoms with Crippen LogP contribution >= 0.6 is 34.8 Å². The molecule has 0 aliphatic carbocycles. The van der Waals surface area contributed by atoms with Crippen LogP contribution in [0.2, 0.25) is 15.1 Å². The molecule has 3 aromatic rings. The highest BCUT2D eigenvalue weighted by Gasteiger charge is 2.33. The number of nitrogens with zero attached hydrogens (tertiary/aromatic N) is 2. The van der Waals surface area contributed by atoms with Crippen LogP contribution in [0.4, 0.5) is 5.69 Å². The lowest BCUT2D eigenvalue weighted by molar-refractivity contribution is -0.139. The van der Waals surface area contributed by atoms with Gasteiger partial charge in [-0.15, -0.1) is 0 Å². The fourth-order valence-corrected chi connectivity index (χ4v) is 5.97. The average molecular weight is 641 g/mol. The normalized spacial score (nSPS) is 12.1. The SMILES string of the molecule is CCOc1ccc(N(CC(=O)N(Cc2ccc(Cl)cc2Cl)C(C)C(=O)NC(C)C)S(=O)(=O)c2ccc(Cl)cc2)cc1. The molecular weight excluding hydrogens is 609 g/mol. The zero-order valence-electron chi connectivity index (χ0n) is 23.1. The summed E-state index contributed by atoms with van der Waals surface area (Å²) in [6.07, 6.45) is 0. The number of nitrogens with one attached hydrogen (secondary N) is 1. The van der Waals surface area contributed by atoms with E-state index in [2.05, 4.69) is 5.32 Å². The van der Waals surface area contributed by atoms with Gasteiger partial charge in [0.2, 0.25) is 11.8 Å². The summed E-state index contributed by atoms with van der Waals surface area (Å²) < 4.78 is 34.2. The molecular formula is C29H32Cl3N3O5S. The first-order valence-corrected chi connectivity index (χ1v) is 15.5. The molecule has 1 unspecified atom stereocenters. The Morgan fingerprint density at radius 2 is 1.51 bits per heavy atom. The van der Waals surface area contributed by atoms with Gasteiger partial charge >= 0.3 is 0 Å². The van der Waals surface area contributed by atoms with Crippen molar-refractivity contribution in [1.29, 1.82) is 0 Å². The maximum atomic E-state index is 14.0. The lowest BCUT2D eigenvalue weighted by Crippen LogP contribution is -2.52. The second-order valence-corrected chi connectivity index (χ2v) is 12.6. The van der Waals surface area contributed by atoms with Crippen LogP contribution < -0.4 is 14.4 Å². The Bertz CT molecular complexity index is 1470. The summed E-state index contributed by atoms with van der Waals surface area (Å²) in [4.78, 5) is 28.2. The molecule has 41 heavy (non-hydrogen) atoms. The first-order chi connectivity index (χ1) is 19.3. The number of carbonyl (C=O) groups excluding carboxylic acids is 2. The molecule has 0 heterocycles. The van der Waals surface area contributed by atoms with E-state index in [-0.39, 0.29) is 23.2 Å². The Morgan fingerprint density at radius 1 is 0.902 bits per heavy atom. The van der Waals surface area contributed by atoms with E-state index < -0.39 is 34.4 Å². The summed E-state index contributed by atoms with van der Waals surface area (Å²) >= 11 is 18.4. The molecule has 12 heteroatoms. The lowest BCUT2D eigenvalue weighted by Gasteiger charge is -2.32. The van der Waals surface area contributed by atoms with Gasteiger partial charge in [0.05, 0.1) is 17.2 Å². The van der Waals surface area contributed by atoms with Crippen molar-refractivity contribution in [2.45, 2.75) is 51.2 Å². The third-order valence-corrected chi connectivity index (χ3v) is 8.70. The predicted octanol–water partition coefficient (Wildman–Crippen LogP) is 6.18. The largest absolute Gasteiger partial charge is 0.494 e. The van der Waals surface area contributed by atoms with Crippen LogP contribution in [0.25, 0.3) is 0 Å². The van der Waals surface area contributed by atoms with Crippen LogP contribution in [0.1, 0.15) is 33.3 Å². The second kappa shape index (κ2) is 14.3. The van der Waals surface area contributed by atoms with Crippen molar-refractivity contribution < 1.29 is 22.7 Å². The van der Waals surface area contributed by atoms with Gasteiger partial charge < -0.3 is 15.0 Å². The van der Waals surface area contributed by atoms with Gasteiger partial charge in [-0.2, -0.15) is 0 Å². The smallest absolute Gasteiger partial charge is 0.264 e. The summed E-state index contributed by atoms with van der Waals surface area (Å²) in [6, 6.07) is 15.7. The number of hydrogen-bond donors (Lipinski definition) is 1. The molecule has 0 saturated heterocycles. The van der Waals surface area contributed by atoms with Crippen molar-refractivity contribution in [3.05, 3.63) is 87.4 Å². The number of benzene rings is 3. The zero-order valence-corrected chi connectivity index (χ0v) is 26.2. The maximum Gasteiger partial charge on any atom is 0.264 e. The quantitative estimate of drug-likeness (QED) is 0.255. The monoisotopic (exact) mass is 639 g/mol. The summed E-state index contributed by atoms with van der Waals surface area (Å²) in [5.74, 6) is -0.468. The van der Waals surface area contributed by atoms with E-state index in [1.165, 1.54) is 35.2 Å². The van der Waals surface area contributed by atoms with Crippen LogP contribution in [0.3, 0.4) is 0 Å². The van der Waals surface area contributed by atoms with E-state index in [0.717, 1.165) is 4.31 Å². The average Bonchev–Trinajstić information content (AvgIpc) is 2.91. The molecule has 0 aromatic heterocycles. The number of carbonyl (C=O) groups is 2. The van der Waals surface area contributed by atoms with Crippen molar-refractivity contribution in [2.24, 2.45) is 0 Å². The van der Waals surface area contributed by atoms with Crippen LogP contribution in [0.5, 0.6) is 5.75 Å². The number of rotatable bonds is 12. The molecule has 0 aliphatic heterocycles. The molecule has 8 nitrogen and oxygen atoms in total. The van der Waals surface area contributed by atoms with Crippen LogP contribution in [0.15, 0.2) is 71.6 Å². The minimum absolute atomic E-state index is 0.0542. The van der Waals surface area contributed by atoms with E-state index in [9.17, 15) is 18.0 Å². The molecule has 3 aromatic carbocycles. The van der Waals surface area contributed by atoms with Gasteiger partial charge in [0.15, 0.2) is 0 Å².